The summed E-state index contributed by atoms with van der Waals surface area (Å²) >= 11 is 0. The van der Waals surface area contributed by atoms with Crippen molar-refractivity contribution in [3.8, 4) is 11.4 Å². The number of rotatable bonds is 4. The van der Waals surface area contributed by atoms with Crippen molar-refractivity contribution in [3.05, 3.63) is 54.2 Å². The van der Waals surface area contributed by atoms with E-state index in [0.29, 0.717) is 0 Å². The lowest BCUT2D eigenvalue weighted by atomic mass is 10.1. The number of aromatic nitrogens is 2. The number of aryl methyl sites for hydroxylation is 1. The average Bonchev–Trinajstić information content (AvgIpc) is 2.42. The quantitative estimate of drug-likeness (QED) is 0.832. The molecule has 2 aromatic rings. The van der Waals surface area contributed by atoms with Crippen LogP contribution >= 0.6 is 0 Å². The average molecular weight is 239 g/mol. The molecule has 0 spiro atoms. The summed E-state index contributed by atoms with van der Waals surface area (Å²) in [6, 6.07) is 10.00. The van der Waals surface area contributed by atoms with E-state index >= 15 is 0 Å². The van der Waals surface area contributed by atoms with Gasteiger partial charge in [-0.15, -0.1) is 6.58 Å². The maximum Gasteiger partial charge on any atom is 0.161 e. The summed E-state index contributed by atoms with van der Waals surface area (Å²) in [5.41, 5.74) is 3.13. The fourth-order valence-electron chi connectivity index (χ4n) is 1.91. The molecular weight excluding hydrogens is 222 g/mol. The van der Waals surface area contributed by atoms with Gasteiger partial charge >= 0.3 is 0 Å². The summed E-state index contributed by atoms with van der Waals surface area (Å²) in [5.74, 6) is 1.63. The van der Waals surface area contributed by atoms with Gasteiger partial charge in [-0.05, 0) is 13.3 Å². The molecule has 0 atom stereocenters. The second-order valence-electron chi connectivity index (χ2n) is 4.07. The highest BCUT2D eigenvalue weighted by molar-refractivity contribution is 5.59. The minimum absolute atomic E-state index is 0.755. The van der Waals surface area contributed by atoms with Crippen molar-refractivity contribution in [2.75, 3.05) is 12.4 Å². The number of allylic oxidation sites excluding steroid dienone is 1. The van der Waals surface area contributed by atoms with Gasteiger partial charge in [0.25, 0.3) is 0 Å². The first-order valence-corrected chi connectivity index (χ1v) is 5.98. The van der Waals surface area contributed by atoms with Crippen LogP contribution < -0.4 is 5.32 Å². The van der Waals surface area contributed by atoms with Gasteiger partial charge in [0, 0.05) is 23.9 Å². The first-order chi connectivity index (χ1) is 8.76. The second-order valence-corrected chi connectivity index (χ2v) is 4.07. The molecule has 0 bridgehead atoms. The Kier molecular flexibility index (Phi) is 3.72. The van der Waals surface area contributed by atoms with Gasteiger partial charge < -0.3 is 5.32 Å². The van der Waals surface area contributed by atoms with Crippen molar-refractivity contribution in [2.45, 2.75) is 13.3 Å². The van der Waals surface area contributed by atoms with Gasteiger partial charge in [-0.25, -0.2) is 9.97 Å². The third kappa shape index (κ3) is 2.40. The topological polar surface area (TPSA) is 37.8 Å². The lowest BCUT2D eigenvalue weighted by Gasteiger charge is -2.11. The minimum atomic E-state index is 0.755. The van der Waals surface area contributed by atoms with Crippen molar-refractivity contribution in [3.63, 3.8) is 0 Å². The van der Waals surface area contributed by atoms with E-state index in [1.165, 1.54) is 0 Å². The molecule has 92 valence electrons. The molecule has 0 aliphatic carbocycles. The summed E-state index contributed by atoms with van der Waals surface area (Å²) in [5, 5.41) is 3.13. The van der Waals surface area contributed by atoms with Gasteiger partial charge in [0.2, 0.25) is 0 Å². The van der Waals surface area contributed by atoms with E-state index in [4.69, 9.17) is 0 Å². The molecule has 0 aliphatic rings. The van der Waals surface area contributed by atoms with Gasteiger partial charge in [0.15, 0.2) is 5.82 Å². The van der Waals surface area contributed by atoms with Gasteiger partial charge in [0.1, 0.15) is 5.82 Å². The van der Waals surface area contributed by atoms with E-state index in [0.717, 1.165) is 34.9 Å². The number of hydrogen-bond acceptors (Lipinski definition) is 3. The molecule has 0 unspecified atom stereocenters. The zero-order chi connectivity index (χ0) is 13.0. The SMILES string of the molecule is C=CCc1c(C)nc(-c2ccccc2)nc1NC. The molecule has 2 rings (SSSR count). The highest BCUT2D eigenvalue weighted by Crippen LogP contribution is 2.22. The van der Waals surface area contributed by atoms with Crippen LogP contribution in [-0.4, -0.2) is 17.0 Å². The molecule has 0 aliphatic heterocycles. The van der Waals surface area contributed by atoms with Crippen molar-refractivity contribution in [2.24, 2.45) is 0 Å². The fourth-order valence-corrected chi connectivity index (χ4v) is 1.91. The maximum atomic E-state index is 4.57. The van der Waals surface area contributed by atoms with Crippen molar-refractivity contribution in [1.82, 2.24) is 9.97 Å². The Morgan fingerprint density at radius 1 is 1.22 bits per heavy atom. The van der Waals surface area contributed by atoms with Crippen LogP contribution in [0.3, 0.4) is 0 Å². The zero-order valence-electron chi connectivity index (χ0n) is 10.8. The van der Waals surface area contributed by atoms with Crippen LogP contribution in [-0.2, 0) is 6.42 Å². The van der Waals surface area contributed by atoms with Crippen LogP contribution in [0.1, 0.15) is 11.3 Å². The highest BCUT2D eigenvalue weighted by atomic mass is 15.0. The lowest BCUT2D eigenvalue weighted by molar-refractivity contribution is 1.04. The van der Waals surface area contributed by atoms with Crippen LogP contribution in [0.5, 0.6) is 0 Å². The number of nitrogens with one attached hydrogen (secondary N) is 1. The van der Waals surface area contributed by atoms with Crippen molar-refractivity contribution in [1.29, 1.82) is 0 Å². The summed E-state index contributed by atoms with van der Waals surface area (Å²) in [7, 11) is 1.88. The van der Waals surface area contributed by atoms with Gasteiger partial charge in [-0.1, -0.05) is 36.4 Å². The van der Waals surface area contributed by atoms with E-state index in [1.54, 1.807) is 0 Å². The van der Waals surface area contributed by atoms with E-state index in [9.17, 15) is 0 Å². The Bertz CT molecular complexity index is 547. The molecule has 1 aromatic heterocycles. The number of hydrogen-bond donors (Lipinski definition) is 1. The maximum absolute atomic E-state index is 4.57. The normalized spacial score (nSPS) is 10.1. The molecule has 1 aromatic carbocycles. The number of nitrogens with zero attached hydrogens (tertiary/aromatic N) is 2. The minimum Gasteiger partial charge on any atom is -0.373 e. The third-order valence-electron chi connectivity index (χ3n) is 2.83. The van der Waals surface area contributed by atoms with Gasteiger partial charge in [-0.2, -0.15) is 0 Å². The molecule has 1 heterocycles. The summed E-state index contributed by atoms with van der Waals surface area (Å²) in [6.45, 7) is 5.78. The summed E-state index contributed by atoms with van der Waals surface area (Å²) in [6.07, 6.45) is 2.64. The molecule has 1 N–H and O–H groups in total. The molecule has 0 radical (unpaired) electrons. The van der Waals surface area contributed by atoms with Crippen LogP contribution in [0.4, 0.5) is 5.82 Å². The van der Waals surface area contributed by atoms with Crippen LogP contribution in [0.2, 0.25) is 0 Å². The molecule has 3 nitrogen and oxygen atoms in total. The first-order valence-electron chi connectivity index (χ1n) is 5.98. The smallest absolute Gasteiger partial charge is 0.161 e. The van der Waals surface area contributed by atoms with Crippen LogP contribution in [0.25, 0.3) is 11.4 Å². The Hall–Kier alpha value is -2.16. The first kappa shape index (κ1) is 12.3. The Morgan fingerprint density at radius 3 is 2.56 bits per heavy atom. The highest BCUT2D eigenvalue weighted by Gasteiger charge is 2.10. The Labute approximate surface area is 108 Å². The van der Waals surface area contributed by atoms with Gasteiger partial charge in [0.05, 0.1) is 0 Å². The van der Waals surface area contributed by atoms with Crippen molar-refractivity contribution >= 4 is 5.82 Å². The van der Waals surface area contributed by atoms with E-state index < -0.39 is 0 Å². The van der Waals surface area contributed by atoms with E-state index in [-0.39, 0.29) is 0 Å². The third-order valence-corrected chi connectivity index (χ3v) is 2.83. The molecule has 0 fully saturated rings. The van der Waals surface area contributed by atoms with Crippen LogP contribution in [0.15, 0.2) is 43.0 Å². The molecule has 0 saturated heterocycles. The van der Waals surface area contributed by atoms with E-state index in [2.05, 4.69) is 21.9 Å². The van der Waals surface area contributed by atoms with Crippen molar-refractivity contribution < 1.29 is 0 Å². The van der Waals surface area contributed by atoms with Gasteiger partial charge in [-0.3, -0.25) is 0 Å². The van der Waals surface area contributed by atoms with E-state index in [1.807, 2.05) is 50.4 Å². The predicted molar refractivity (Wildman–Crippen MR) is 75.7 cm³/mol. The Balaban J connectivity index is 2.52. The standard InChI is InChI=1S/C15H17N3/c1-4-8-13-11(2)17-14(18-15(13)16-3)12-9-6-5-7-10-12/h4-7,9-10H,1,8H2,2-3H3,(H,16,17,18). The number of anilines is 1. The monoisotopic (exact) mass is 239 g/mol. The second kappa shape index (κ2) is 5.45. The predicted octanol–water partition coefficient (Wildman–Crippen LogP) is 3.22. The number of benzene rings is 1. The Morgan fingerprint density at radius 2 is 1.94 bits per heavy atom. The van der Waals surface area contributed by atoms with Crippen LogP contribution in [0, 0.1) is 6.92 Å². The molecular formula is C15H17N3. The zero-order valence-corrected chi connectivity index (χ0v) is 10.8. The summed E-state index contributed by atoms with van der Waals surface area (Å²) < 4.78 is 0. The summed E-state index contributed by atoms with van der Waals surface area (Å²) in [4.78, 5) is 9.14. The molecule has 0 amide bonds. The molecule has 3 heteroatoms. The largest absolute Gasteiger partial charge is 0.373 e. The molecule has 18 heavy (non-hydrogen) atoms. The fraction of sp³-hybridized carbons (Fsp3) is 0.200. The lowest BCUT2D eigenvalue weighted by Crippen LogP contribution is -2.05. The molecule has 0 saturated carbocycles.